The molecule has 0 unspecified atom stereocenters. The van der Waals surface area contributed by atoms with Gasteiger partial charge in [-0.25, -0.2) is 21.6 Å². The summed E-state index contributed by atoms with van der Waals surface area (Å²) in [6, 6.07) is 10.1. The molecule has 4 atom stereocenters. The van der Waals surface area contributed by atoms with Crippen LogP contribution in [0, 0.1) is 23.5 Å². The predicted octanol–water partition coefficient (Wildman–Crippen LogP) is 6.47. The zero-order valence-electron chi connectivity index (χ0n) is 25.9. The molecule has 16 heteroatoms. The minimum absolute atomic E-state index is 0.00453. The molecule has 6 rings (SSSR count). The number of nitrogens with zero attached hydrogens (tertiary/aromatic N) is 1. The maximum Gasteiger partial charge on any atom is 0.435 e. The molecule has 0 bridgehead atoms. The van der Waals surface area contributed by atoms with Crippen LogP contribution in [0.25, 0.3) is 0 Å². The zero-order chi connectivity index (χ0) is 36.4. The second kappa shape index (κ2) is 12.3. The van der Waals surface area contributed by atoms with E-state index >= 15 is 4.39 Å². The Bertz CT molecular complexity index is 1920. The monoisotopic (exact) mass is 732 g/mol. The minimum atomic E-state index is -6.40. The van der Waals surface area contributed by atoms with Gasteiger partial charge in [0.15, 0.2) is 9.84 Å². The molecular weight excluding hydrogens is 703 g/mol. The van der Waals surface area contributed by atoms with Crippen molar-refractivity contribution in [1.82, 2.24) is 10.2 Å². The van der Waals surface area contributed by atoms with E-state index in [4.69, 9.17) is 0 Å². The fourth-order valence-corrected chi connectivity index (χ4v) is 10.4. The van der Waals surface area contributed by atoms with Gasteiger partial charge in [0.1, 0.15) is 16.4 Å². The van der Waals surface area contributed by atoms with Crippen LogP contribution in [-0.2, 0) is 42.7 Å². The van der Waals surface area contributed by atoms with Gasteiger partial charge < -0.3 is 10.2 Å². The van der Waals surface area contributed by atoms with Crippen molar-refractivity contribution in [2.45, 2.75) is 65.8 Å². The molecule has 2 fully saturated rings. The number of aryl methyl sites for hydroxylation is 1. The number of halogens is 9. The van der Waals surface area contributed by atoms with Gasteiger partial charge in [0.25, 0.3) is 0 Å². The molecule has 1 aliphatic heterocycles. The first kappa shape index (κ1) is 35.7. The van der Waals surface area contributed by atoms with Crippen molar-refractivity contribution in [3.8, 4) is 0 Å². The van der Waals surface area contributed by atoms with E-state index in [1.807, 2.05) is 0 Å². The van der Waals surface area contributed by atoms with E-state index in [-0.39, 0.29) is 62.4 Å². The van der Waals surface area contributed by atoms with Crippen molar-refractivity contribution >= 4 is 21.7 Å². The molecule has 268 valence electrons. The van der Waals surface area contributed by atoms with Gasteiger partial charge in [0, 0.05) is 18.0 Å². The Morgan fingerprint density at radius 2 is 1.56 bits per heavy atom. The maximum atomic E-state index is 15.1. The van der Waals surface area contributed by atoms with Crippen molar-refractivity contribution < 1.29 is 57.5 Å². The van der Waals surface area contributed by atoms with Crippen molar-refractivity contribution in [3.63, 3.8) is 0 Å². The lowest BCUT2D eigenvalue weighted by Gasteiger charge is -2.43. The molecule has 3 aliphatic rings. The quantitative estimate of drug-likeness (QED) is 0.233. The molecule has 0 aromatic heterocycles. The van der Waals surface area contributed by atoms with Crippen LogP contribution in [0.2, 0.25) is 0 Å². The van der Waals surface area contributed by atoms with Gasteiger partial charge in [0.2, 0.25) is 11.8 Å². The average Bonchev–Trinajstić information content (AvgIpc) is 3.44. The number of amides is 2. The van der Waals surface area contributed by atoms with Crippen LogP contribution in [0.15, 0.2) is 71.6 Å². The van der Waals surface area contributed by atoms with Crippen LogP contribution < -0.4 is 5.32 Å². The third-order valence-corrected chi connectivity index (χ3v) is 12.7. The van der Waals surface area contributed by atoms with Gasteiger partial charge in [-0.2, -0.15) is 26.3 Å². The van der Waals surface area contributed by atoms with Crippen LogP contribution >= 0.6 is 0 Å². The van der Waals surface area contributed by atoms with E-state index in [1.165, 1.54) is 23.1 Å². The molecule has 3 aromatic rings. The van der Waals surface area contributed by atoms with Crippen LogP contribution in [-0.4, -0.2) is 56.6 Å². The Morgan fingerprint density at radius 1 is 0.880 bits per heavy atom. The third-order valence-electron chi connectivity index (χ3n) is 10.1. The van der Waals surface area contributed by atoms with Crippen LogP contribution in [0.3, 0.4) is 0 Å². The lowest BCUT2D eigenvalue weighted by atomic mass is 9.72. The van der Waals surface area contributed by atoms with Gasteiger partial charge in [-0.05, 0) is 91.1 Å². The van der Waals surface area contributed by atoms with Crippen molar-refractivity contribution in [3.05, 3.63) is 101 Å². The normalized spacial score (nSPS) is 24.4. The summed E-state index contributed by atoms with van der Waals surface area (Å²) in [6.45, 7) is -0.373. The molecule has 3 aromatic carbocycles. The summed E-state index contributed by atoms with van der Waals surface area (Å²) in [5, 5.41) is 2.75. The fourth-order valence-electron chi connectivity index (χ4n) is 7.96. The number of carbonyl (C=O) groups excluding carboxylic acids is 2. The second-order valence-corrected chi connectivity index (χ2v) is 15.2. The summed E-state index contributed by atoms with van der Waals surface area (Å²) >= 11 is 0. The molecule has 1 saturated carbocycles. The van der Waals surface area contributed by atoms with Gasteiger partial charge in [-0.15, -0.1) is 0 Å². The maximum absolute atomic E-state index is 15.1. The Morgan fingerprint density at radius 3 is 2.20 bits per heavy atom. The number of sulfone groups is 1. The molecule has 1 N–H and O–H groups in total. The summed E-state index contributed by atoms with van der Waals surface area (Å²) < 4.78 is 152. The second-order valence-electron chi connectivity index (χ2n) is 13.0. The highest BCUT2D eigenvalue weighted by molar-refractivity contribution is 7.92. The van der Waals surface area contributed by atoms with E-state index < -0.39 is 84.4 Å². The lowest BCUT2D eigenvalue weighted by molar-refractivity contribution is -0.348. The Balaban J connectivity index is 1.41. The number of fused-ring (bicyclic) bond motifs is 3. The molecule has 2 aliphatic carbocycles. The van der Waals surface area contributed by atoms with Crippen LogP contribution in [0.1, 0.15) is 41.5 Å². The summed E-state index contributed by atoms with van der Waals surface area (Å²) in [6.07, 6.45) is -13.5. The molecule has 1 heterocycles. The summed E-state index contributed by atoms with van der Waals surface area (Å²) in [7, 11) is -4.65. The van der Waals surface area contributed by atoms with E-state index in [0.29, 0.717) is 11.6 Å². The van der Waals surface area contributed by atoms with Crippen LogP contribution in [0.4, 0.5) is 39.5 Å². The number of hydrogen-bond acceptors (Lipinski definition) is 4. The summed E-state index contributed by atoms with van der Waals surface area (Å²) in [4.78, 5) is 27.7. The molecule has 1 saturated heterocycles. The van der Waals surface area contributed by atoms with Gasteiger partial charge in [-0.3, -0.25) is 9.59 Å². The molecule has 50 heavy (non-hydrogen) atoms. The number of alkyl halides is 7. The predicted molar refractivity (Wildman–Crippen MR) is 160 cm³/mol. The number of piperazine rings is 1. The largest absolute Gasteiger partial charge is 0.435 e. The molecular formula is C34H29F9N2O4S. The SMILES string of the molecule is O=C1CN(C(=O)[C@@H]2CC[C@@]3(S(=O)(=O)c4ccc(F)cc4)c4ccc(C(F)(C(F)(F)F)C(F)(F)F)cc4CC[C@@H]23)C[C@H](Cc2cccc(F)c2)N1. The fraction of sp³-hybridized carbons (Fsp3) is 0.412. The molecule has 2 amide bonds. The average molecular weight is 733 g/mol. The number of nitrogens with one attached hydrogen (secondary N) is 1. The molecule has 6 nitrogen and oxygen atoms in total. The Labute approximate surface area is 280 Å². The first-order valence-electron chi connectivity index (χ1n) is 15.6. The van der Waals surface area contributed by atoms with Gasteiger partial charge in [-0.1, -0.05) is 30.3 Å². The van der Waals surface area contributed by atoms with E-state index in [9.17, 15) is 53.1 Å². The number of hydrogen-bond donors (Lipinski definition) is 1. The van der Waals surface area contributed by atoms with Crippen molar-refractivity contribution in [2.24, 2.45) is 11.8 Å². The lowest BCUT2D eigenvalue weighted by Crippen LogP contribution is -2.58. The zero-order valence-corrected chi connectivity index (χ0v) is 26.7. The third kappa shape index (κ3) is 5.72. The van der Waals surface area contributed by atoms with Crippen LogP contribution in [0.5, 0.6) is 0 Å². The van der Waals surface area contributed by atoms with Gasteiger partial charge >= 0.3 is 18.0 Å². The highest BCUT2D eigenvalue weighted by Gasteiger charge is 2.74. The first-order chi connectivity index (χ1) is 23.3. The highest BCUT2D eigenvalue weighted by atomic mass is 32.2. The number of benzene rings is 3. The van der Waals surface area contributed by atoms with E-state index in [2.05, 4.69) is 5.32 Å². The molecule has 0 spiro atoms. The highest BCUT2D eigenvalue weighted by Crippen LogP contribution is 2.61. The van der Waals surface area contributed by atoms with E-state index in [0.717, 1.165) is 30.3 Å². The van der Waals surface area contributed by atoms with Gasteiger partial charge in [0.05, 0.1) is 17.5 Å². The summed E-state index contributed by atoms with van der Waals surface area (Å²) in [5.41, 5.74) is -7.41. The smallest absolute Gasteiger partial charge is 0.350 e. The standard InChI is InChI=1S/C34H29F9N2O4S/c35-22-6-8-25(9-7-22)50(48,49)31-13-12-26(30(47)45-17-24(44-29(46)18-45)15-19-2-1-3-23(36)14-19)28(31)10-4-20-16-21(5-11-27(20)31)32(37,33(38,39)40)34(41,42)43/h1-3,5-9,11,14,16,24,26,28H,4,10,12-13,15,17-18H2,(H,44,46)/t24-,26+,28-,31+/m0/s1. The molecule has 0 radical (unpaired) electrons. The first-order valence-corrected chi connectivity index (χ1v) is 17.1. The number of rotatable bonds is 6. The van der Waals surface area contributed by atoms with Crippen molar-refractivity contribution in [1.29, 1.82) is 0 Å². The van der Waals surface area contributed by atoms with Crippen molar-refractivity contribution in [2.75, 3.05) is 13.1 Å². The summed E-state index contributed by atoms with van der Waals surface area (Å²) in [5.74, 6) is -4.50. The minimum Gasteiger partial charge on any atom is -0.350 e. The Kier molecular flexibility index (Phi) is 8.79. The Hall–Kier alpha value is -4.08. The topological polar surface area (TPSA) is 83.6 Å². The number of carbonyl (C=O) groups is 2. The van der Waals surface area contributed by atoms with E-state index in [1.54, 1.807) is 6.07 Å².